The monoisotopic (exact) mass is 282 g/mol. The van der Waals surface area contributed by atoms with Gasteiger partial charge in [0.05, 0.1) is 11.6 Å². The molecule has 0 saturated heterocycles. The molecule has 108 valence electrons. The molecule has 0 bridgehead atoms. The number of aromatic nitrogens is 2. The first-order valence-electron chi connectivity index (χ1n) is 6.73. The van der Waals surface area contributed by atoms with E-state index in [0.29, 0.717) is 18.1 Å². The van der Waals surface area contributed by atoms with Gasteiger partial charge in [0.2, 0.25) is 5.95 Å². The smallest absolute Gasteiger partial charge is 0.254 e. The van der Waals surface area contributed by atoms with Gasteiger partial charge in [0.1, 0.15) is 0 Å². The van der Waals surface area contributed by atoms with Crippen LogP contribution in [0.3, 0.4) is 0 Å². The average Bonchev–Trinajstić information content (AvgIpc) is 2.54. The van der Waals surface area contributed by atoms with Crippen molar-refractivity contribution in [3.63, 3.8) is 0 Å². The molecule has 5 heteroatoms. The van der Waals surface area contributed by atoms with Crippen molar-refractivity contribution in [2.75, 3.05) is 11.9 Å². The highest BCUT2D eigenvalue weighted by molar-refractivity contribution is 5.93. The molecule has 0 radical (unpaired) electrons. The highest BCUT2D eigenvalue weighted by Crippen LogP contribution is 2.15. The Bertz CT molecular complexity index is 595. The summed E-state index contributed by atoms with van der Waals surface area (Å²) in [4.78, 5) is 20.0. The van der Waals surface area contributed by atoms with Crippen LogP contribution >= 0.6 is 0 Å². The van der Waals surface area contributed by atoms with Crippen molar-refractivity contribution in [3.05, 3.63) is 66.5 Å². The van der Waals surface area contributed by atoms with Gasteiger partial charge < -0.3 is 10.6 Å². The molecule has 1 atom stereocenters. The molecule has 1 amide bonds. The first kappa shape index (κ1) is 14.7. The van der Waals surface area contributed by atoms with E-state index in [4.69, 9.17) is 0 Å². The van der Waals surface area contributed by atoms with Crippen molar-refractivity contribution < 1.29 is 4.79 Å². The van der Waals surface area contributed by atoms with Crippen LogP contribution in [0, 0.1) is 0 Å². The summed E-state index contributed by atoms with van der Waals surface area (Å²) in [6.07, 6.45) is 4.63. The van der Waals surface area contributed by atoms with E-state index in [2.05, 4.69) is 27.2 Å². The maximum absolute atomic E-state index is 11.7. The van der Waals surface area contributed by atoms with Gasteiger partial charge in [-0.2, -0.15) is 0 Å². The van der Waals surface area contributed by atoms with Gasteiger partial charge in [-0.05, 0) is 12.5 Å². The minimum atomic E-state index is -0.211. The summed E-state index contributed by atoms with van der Waals surface area (Å²) in [5, 5.41) is 5.87. The van der Waals surface area contributed by atoms with Gasteiger partial charge in [-0.1, -0.05) is 36.4 Å². The first-order valence-corrected chi connectivity index (χ1v) is 6.73. The lowest BCUT2D eigenvalue weighted by Crippen LogP contribution is -2.23. The lowest BCUT2D eigenvalue weighted by atomic mass is 10.1. The number of rotatable bonds is 6. The third kappa shape index (κ3) is 4.14. The van der Waals surface area contributed by atoms with Crippen molar-refractivity contribution in [1.82, 2.24) is 15.3 Å². The molecule has 1 aromatic carbocycles. The number of anilines is 1. The van der Waals surface area contributed by atoms with E-state index in [1.54, 1.807) is 6.08 Å². The van der Waals surface area contributed by atoms with Crippen molar-refractivity contribution in [1.29, 1.82) is 0 Å². The van der Waals surface area contributed by atoms with Gasteiger partial charge in [0, 0.05) is 18.9 Å². The van der Waals surface area contributed by atoms with E-state index >= 15 is 0 Å². The van der Waals surface area contributed by atoms with Crippen LogP contribution in [0.2, 0.25) is 0 Å². The topological polar surface area (TPSA) is 66.9 Å². The van der Waals surface area contributed by atoms with E-state index in [9.17, 15) is 4.79 Å². The number of nitrogens with zero attached hydrogens (tertiary/aromatic N) is 2. The van der Waals surface area contributed by atoms with Crippen LogP contribution in [0.25, 0.3) is 0 Å². The molecule has 0 spiro atoms. The zero-order valence-corrected chi connectivity index (χ0v) is 11.9. The van der Waals surface area contributed by atoms with Crippen LogP contribution < -0.4 is 10.6 Å². The van der Waals surface area contributed by atoms with Crippen LogP contribution in [0.1, 0.15) is 28.9 Å². The third-order valence-corrected chi connectivity index (χ3v) is 2.97. The molecule has 2 N–H and O–H groups in total. The zero-order valence-electron chi connectivity index (χ0n) is 11.9. The lowest BCUT2D eigenvalue weighted by molar-refractivity contribution is 0.0957. The van der Waals surface area contributed by atoms with E-state index in [1.807, 2.05) is 37.3 Å². The normalized spacial score (nSPS) is 11.5. The maximum atomic E-state index is 11.7. The minimum absolute atomic E-state index is 0.0895. The molecular formula is C16H18N4O. The van der Waals surface area contributed by atoms with Crippen LogP contribution in [0.5, 0.6) is 0 Å². The Morgan fingerprint density at radius 1 is 1.29 bits per heavy atom. The summed E-state index contributed by atoms with van der Waals surface area (Å²) < 4.78 is 0. The molecule has 2 rings (SSSR count). The Kier molecular flexibility index (Phi) is 5.04. The molecule has 21 heavy (non-hydrogen) atoms. The zero-order chi connectivity index (χ0) is 15.1. The van der Waals surface area contributed by atoms with E-state index in [1.165, 1.54) is 12.4 Å². The number of hydrogen-bond acceptors (Lipinski definition) is 4. The highest BCUT2D eigenvalue weighted by Gasteiger charge is 2.08. The SMILES string of the molecule is C=CCNC(=O)c1cnc(NC(C)c2ccccc2)nc1. The second-order valence-electron chi connectivity index (χ2n) is 4.57. The fourth-order valence-electron chi connectivity index (χ4n) is 1.81. The molecule has 1 heterocycles. The summed E-state index contributed by atoms with van der Waals surface area (Å²) >= 11 is 0. The van der Waals surface area contributed by atoms with Crippen LogP contribution in [0.4, 0.5) is 5.95 Å². The Morgan fingerprint density at radius 3 is 2.57 bits per heavy atom. The Hall–Kier alpha value is -2.69. The van der Waals surface area contributed by atoms with Gasteiger partial charge >= 0.3 is 0 Å². The quantitative estimate of drug-likeness (QED) is 0.799. The van der Waals surface area contributed by atoms with Gasteiger partial charge in [-0.3, -0.25) is 4.79 Å². The third-order valence-electron chi connectivity index (χ3n) is 2.97. The molecule has 0 fully saturated rings. The van der Waals surface area contributed by atoms with Crippen LogP contribution in [-0.4, -0.2) is 22.4 Å². The number of benzene rings is 1. The molecule has 0 saturated carbocycles. The van der Waals surface area contributed by atoms with Crippen LogP contribution in [-0.2, 0) is 0 Å². The van der Waals surface area contributed by atoms with Gasteiger partial charge in [0.25, 0.3) is 5.91 Å². The molecule has 5 nitrogen and oxygen atoms in total. The summed E-state index contributed by atoms with van der Waals surface area (Å²) in [5.41, 5.74) is 1.57. The Balaban J connectivity index is 1.99. The summed E-state index contributed by atoms with van der Waals surface area (Å²) in [6.45, 7) is 6.00. The number of carbonyl (C=O) groups excluding carboxylic acids is 1. The predicted molar refractivity (Wildman–Crippen MR) is 83.0 cm³/mol. The summed E-state index contributed by atoms with van der Waals surface area (Å²) in [6, 6.07) is 10.1. The standard InChI is InChI=1S/C16H18N4O/c1-3-9-17-15(21)14-10-18-16(19-11-14)20-12(2)13-7-5-4-6-8-13/h3-8,10-12H,1,9H2,2H3,(H,17,21)(H,18,19,20). The molecule has 2 aromatic rings. The van der Waals surface area contributed by atoms with Crippen molar-refractivity contribution >= 4 is 11.9 Å². The van der Waals surface area contributed by atoms with Crippen molar-refractivity contribution in [2.45, 2.75) is 13.0 Å². The highest BCUT2D eigenvalue weighted by atomic mass is 16.1. The Labute approximate surface area is 124 Å². The maximum Gasteiger partial charge on any atom is 0.254 e. The predicted octanol–water partition coefficient (Wildman–Crippen LogP) is 2.57. The molecule has 1 aromatic heterocycles. The second-order valence-corrected chi connectivity index (χ2v) is 4.57. The van der Waals surface area contributed by atoms with Gasteiger partial charge in [0.15, 0.2) is 0 Å². The number of carbonyl (C=O) groups is 1. The summed E-state index contributed by atoms with van der Waals surface area (Å²) in [7, 11) is 0. The summed E-state index contributed by atoms with van der Waals surface area (Å²) in [5.74, 6) is 0.282. The van der Waals surface area contributed by atoms with E-state index in [-0.39, 0.29) is 11.9 Å². The molecule has 0 aliphatic carbocycles. The minimum Gasteiger partial charge on any atom is -0.348 e. The Morgan fingerprint density at radius 2 is 1.95 bits per heavy atom. The van der Waals surface area contributed by atoms with Crippen molar-refractivity contribution in [3.8, 4) is 0 Å². The molecule has 0 aliphatic heterocycles. The lowest BCUT2D eigenvalue weighted by Gasteiger charge is -2.14. The fourth-order valence-corrected chi connectivity index (χ4v) is 1.81. The average molecular weight is 282 g/mol. The number of nitrogens with one attached hydrogen (secondary N) is 2. The largest absolute Gasteiger partial charge is 0.348 e. The second kappa shape index (κ2) is 7.19. The van der Waals surface area contributed by atoms with Crippen LogP contribution in [0.15, 0.2) is 55.4 Å². The first-order chi connectivity index (χ1) is 10.2. The van der Waals surface area contributed by atoms with E-state index < -0.39 is 0 Å². The van der Waals surface area contributed by atoms with E-state index in [0.717, 1.165) is 5.56 Å². The molecular weight excluding hydrogens is 264 g/mol. The van der Waals surface area contributed by atoms with Gasteiger partial charge in [-0.25, -0.2) is 9.97 Å². The molecule has 0 aliphatic rings. The number of amides is 1. The molecule has 1 unspecified atom stereocenters. The fraction of sp³-hybridized carbons (Fsp3) is 0.188. The van der Waals surface area contributed by atoms with Gasteiger partial charge in [-0.15, -0.1) is 6.58 Å². The number of hydrogen-bond donors (Lipinski definition) is 2. The van der Waals surface area contributed by atoms with Crippen molar-refractivity contribution in [2.24, 2.45) is 0 Å².